The van der Waals surface area contributed by atoms with E-state index in [4.69, 9.17) is 32.7 Å². The first-order valence-electron chi connectivity index (χ1n) is 11.0. The van der Waals surface area contributed by atoms with Gasteiger partial charge in [0.1, 0.15) is 16.3 Å². The topological polar surface area (TPSA) is 95.3 Å². The van der Waals surface area contributed by atoms with Gasteiger partial charge in [0.15, 0.2) is 17.1 Å². The van der Waals surface area contributed by atoms with Crippen LogP contribution in [-0.4, -0.2) is 39.5 Å². The molecule has 192 valence electrons. The van der Waals surface area contributed by atoms with Crippen molar-refractivity contribution in [1.82, 2.24) is 14.8 Å². The standard InChI is InChI=1S/C25H22Cl2N4O4S2/c1-14(35-19-10-9-16(26)11-18(19)27)22-29-30-25(31(22)2)37-13-20(32)28-23-21(24(33)34-3)17(12-36-23)15-7-5-4-6-8-15/h4-12,14H,13H2,1-3H3,(H,28,32). The predicted molar refractivity (Wildman–Crippen MR) is 147 cm³/mol. The van der Waals surface area contributed by atoms with Crippen LogP contribution in [0.5, 0.6) is 5.75 Å². The lowest BCUT2D eigenvalue weighted by Crippen LogP contribution is -2.16. The van der Waals surface area contributed by atoms with Crippen LogP contribution in [0.15, 0.2) is 59.1 Å². The maximum atomic E-state index is 12.8. The lowest BCUT2D eigenvalue weighted by atomic mass is 10.0. The molecule has 37 heavy (non-hydrogen) atoms. The number of carbonyl (C=O) groups is 2. The average molecular weight is 578 g/mol. The molecule has 0 aliphatic carbocycles. The highest BCUT2D eigenvalue weighted by molar-refractivity contribution is 7.99. The maximum Gasteiger partial charge on any atom is 0.341 e. The molecule has 2 aromatic heterocycles. The monoisotopic (exact) mass is 576 g/mol. The van der Waals surface area contributed by atoms with E-state index in [1.807, 2.05) is 42.6 Å². The number of thioether (sulfide) groups is 1. The molecule has 0 aliphatic heterocycles. The van der Waals surface area contributed by atoms with E-state index in [-0.39, 0.29) is 11.7 Å². The normalized spacial score (nSPS) is 11.7. The molecule has 0 spiro atoms. The Kier molecular flexibility index (Phi) is 8.75. The number of methoxy groups -OCH3 is 1. The highest BCUT2D eigenvalue weighted by Crippen LogP contribution is 2.36. The largest absolute Gasteiger partial charge is 0.481 e. The fourth-order valence-electron chi connectivity index (χ4n) is 3.50. The molecular formula is C25H22Cl2N4O4S2. The Morgan fingerprint density at radius 2 is 1.92 bits per heavy atom. The van der Waals surface area contributed by atoms with Crippen LogP contribution < -0.4 is 10.1 Å². The molecule has 4 rings (SSSR count). The SMILES string of the molecule is COC(=O)c1c(-c2ccccc2)csc1NC(=O)CSc1nnc(C(C)Oc2ccc(Cl)cc2Cl)n1C. The van der Waals surface area contributed by atoms with Gasteiger partial charge in [-0.15, -0.1) is 21.5 Å². The van der Waals surface area contributed by atoms with Crippen molar-refractivity contribution in [3.63, 3.8) is 0 Å². The molecule has 0 radical (unpaired) electrons. The van der Waals surface area contributed by atoms with Crippen molar-refractivity contribution in [3.05, 3.63) is 75.3 Å². The van der Waals surface area contributed by atoms with E-state index in [2.05, 4.69) is 15.5 Å². The lowest BCUT2D eigenvalue weighted by molar-refractivity contribution is -0.113. The van der Waals surface area contributed by atoms with E-state index >= 15 is 0 Å². The van der Waals surface area contributed by atoms with Crippen LogP contribution in [0.4, 0.5) is 5.00 Å². The van der Waals surface area contributed by atoms with E-state index in [1.54, 1.807) is 29.8 Å². The summed E-state index contributed by atoms with van der Waals surface area (Å²) in [6, 6.07) is 14.4. The number of halogens is 2. The van der Waals surface area contributed by atoms with E-state index in [0.717, 1.165) is 5.56 Å². The number of esters is 1. The van der Waals surface area contributed by atoms with E-state index in [9.17, 15) is 9.59 Å². The van der Waals surface area contributed by atoms with Crippen molar-refractivity contribution < 1.29 is 19.1 Å². The van der Waals surface area contributed by atoms with Crippen molar-refractivity contribution in [3.8, 4) is 16.9 Å². The van der Waals surface area contributed by atoms with Crippen LogP contribution in [0.3, 0.4) is 0 Å². The van der Waals surface area contributed by atoms with Crippen LogP contribution in [0.25, 0.3) is 11.1 Å². The first-order chi connectivity index (χ1) is 17.8. The zero-order valence-electron chi connectivity index (χ0n) is 20.0. The second-order valence-corrected chi connectivity index (χ2v) is 10.4. The molecular weight excluding hydrogens is 555 g/mol. The number of carbonyl (C=O) groups excluding carboxylic acids is 2. The summed E-state index contributed by atoms with van der Waals surface area (Å²) in [5.41, 5.74) is 1.88. The van der Waals surface area contributed by atoms with Crippen molar-refractivity contribution >= 4 is 63.2 Å². The van der Waals surface area contributed by atoms with Crippen LogP contribution in [0.2, 0.25) is 10.0 Å². The Morgan fingerprint density at radius 3 is 2.62 bits per heavy atom. The van der Waals surface area contributed by atoms with Crippen molar-refractivity contribution in [2.75, 3.05) is 18.2 Å². The lowest BCUT2D eigenvalue weighted by Gasteiger charge is -2.15. The highest BCUT2D eigenvalue weighted by atomic mass is 35.5. The Hall–Kier alpha value is -3.05. The van der Waals surface area contributed by atoms with Crippen LogP contribution >= 0.6 is 46.3 Å². The molecule has 4 aromatic rings. The quantitative estimate of drug-likeness (QED) is 0.179. The number of nitrogens with zero attached hydrogens (tertiary/aromatic N) is 3. The molecule has 1 atom stereocenters. The second-order valence-electron chi connectivity index (χ2n) is 7.78. The van der Waals surface area contributed by atoms with Gasteiger partial charge < -0.3 is 19.4 Å². The minimum Gasteiger partial charge on any atom is -0.481 e. The van der Waals surface area contributed by atoms with Gasteiger partial charge in [-0.05, 0) is 30.7 Å². The Bertz CT molecular complexity index is 1430. The van der Waals surface area contributed by atoms with Crippen LogP contribution in [0, 0.1) is 0 Å². The number of anilines is 1. The summed E-state index contributed by atoms with van der Waals surface area (Å²) in [6.07, 6.45) is -0.454. The van der Waals surface area contributed by atoms with Gasteiger partial charge in [0.2, 0.25) is 5.91 Å². The van der Waals surface area contributed by atoms with Gasteiger partial charge in [0.25, 0.3) is 0 Å². The summed E-state index contributed by atoms with van der Waals surface area (Å²) in [5.74, 6) is 0.285. The third-order valence-corrected chi connectivity index (χ3v) is 7.73. The molecule has 0 saturated heterocycles. The number of hydrogen-bond donors (Lipinski definition) is 1. The van der Waals surface area contributed by atoms with E-state index in [1.165, 1.54) is 30.2 Å². The summed E-state index contributed by atoms with van der Waals surface area (Å²) in [7, 11) is 3.10. The molecule has 1 amide bonds. The smallest absolute Gasteiger partial charge is 0.341 e. The van der Waals surface area contributed by atoms with Crippen molar-refractivity contribution in [1.29, 1.82) is 0 Å². The second kappa shape index (κ2) is 12.0. The third-order valence-electron chi connectivity index (χ3n) is 5.28. The summed E-state index contributed by atoms with van der Waals surface area (Å²) in [5, 5.41) is 14.9. The van der Waals surface area contributed by atoms with E-state index in [0.29, 0.717) is 42.9 Å². The molecule has 1 N–H and O–H groups in total. The summed E-state index contributed by atoms with van der Waals surface area (Å²) >= 11 is 14.6. The zero-order valence-corrected chi connectivity index (χ0v) is 23.2. The number of aromatic nitrogens is 3. The number of hydrogen-bond acceptors (Lipinski definition) is 8. The molecule has 2 heterocycles. The first kappa shape index (κ1) is 27.0. The highest BCUT2D eigenvalue weighted by Gasteiger charge is 2.23. The fraction of sp³-hybridized carbons (Fsp3) is 0.200. The number of thiophene rings is 1. The Balaban J connectivity index is 1.42. The molecule has 8 nitrogen and oxygen atoms in total. The van der Waals surface area contributed by atoms with Crippen LogP contribution in [-0.2, 0) is 16.6 Å². The fourth-order valence-corrected chi connectivity index (χ4v) is 5.64. The molecule has 12 heteroatoms. The van der Waals surface area contributed by atoms with Crippen molar-refractivity contribution in [2.24, 2.45) is 7.05 Å². The van der Waals surface area contributed by atoms with Gasteiger partial charge in [-0.1, -0.05) is 65.3 Å². The van der Waals surface area contributed by atoms with Gasteiger partial charge in [-0.25, -0.2) is 4.79 Å². The molecule has 0 saturated carbocycles. The Labute approximate surface area is 231 Å². The molecule has 0 aliphatic rings. The maximum absolute atomic E-state index is 12.8. The third kappa shape index (κ3) is 6.27. The van der Waals surface area contributed by atoms with Gasteiger partial charge in [0.05, 0.1) is 17.9 Å². The average Bonchev–Trinajstić information content (AvgIpc) is 3.47. The molecule has 2 aromatic carbocycles. The zero-order chi connectivity index (χ0) is 26.5. The molecule has 0 bridgehead atoms. The van der Waals surface area contributed by atoms with Gasteiger partial charge in [-0.3, -0.25) is 4.79 Å². The van der Waals surface area contributed by atoms with Gasteiger partial charge >= 0.3 is 5.97 Å². The minimum atomic E-state index is -0.518. The summed E-state index contributed by atoms with van der Waals surface area (Å²) < 4.78 is 12.6. The molecule has 0 fully saturated rings. The minimum absolute atomic E-state index is 0.0589. The predicted octanol–water partition coefficient (Wildman–Crippen LogP) is 6.51. The number of amides is 1. The Morgan fingerprint density at radius 1 is 1.16 bits per heavy atom. The van der Waals surface area contributed by atoms with Gasteiger partial charge in [0, 0.05) is 23.0 Å². The van der Waals surface area contributed by atoms with E-state index < -0.39 is 12.1 Å². The summed E-state index contributed by atoms with van der Waals surface area (Å²) in [4.78, 5) is 25.3. The van der Waals surface area contributed by atoms with Crippen molar-refractivity contribution in [2.45, 2.75) is 18.2 Å². The number of ether oxygens (including phenoxy) is 2. The van der Waals surface area contributed by atoms with Gasteiger partial charge in [-0.2, -0.15) is 0 Å². The summed E-state index contributed by atoms with van der Waals surface area (Å²) in [6.45, 7) is 1.82. The number of rotatable bonds is 9. The van der Waals surface area contributed by atoms with Crippen LogP contribution in [0.1, 0.15) is 29.2 Å². The number of nitrogens with one attached hydrogen (secondary N) is 1. The first-order valence-corrected chi connectivity index (χ1v) is 13.6. The molecule has 1 unspecified atom stereocenters. The number of benzene rings is 2.